The van der Waals surface area contributed by atoms with Gasteiger partial charge in [0.25, 0.3) is 11.8 Å². The zero-order chi connectivity index (χ0) is 17.6. The van der Waals surface area contributed by atoms with Gasteiger partial charge in [0.2, 0.25) is 0 Å². The van der Waals surface area contributed by atoms with E-state index in [2.05, 4.69) is 0 Å². The normalized spacial score (nSPS) is 24.4. The summed E-state index contributed by atoms with van der Waals surface area (Å²) in [7, 11) is 0. The highest BCUT2D eigenvalue weighted by Crippen LogP contribution is 2.45. The fourth-order valence-corrected chi connectivity index (χ4v) is 5.47. The van der Waals surface area contributed by atoms with Gasteiger partial charge in [-0.05, 0) is 25.8 Å². The fourth-order valence-electron chi connectivity index (χ4n) is 4.00. The Labute approximate surface area is 157 Å². The first kappa shape index (κ1) is 16.8. The van der Waals surface area contributed by atoms with Crippen LogP contribution < -0.4 is 4.90 Å². The molecule has 2 amide bonds. The van der Waals surface area contributed by atoms with Crippen LogP contribution in [0.1, 0.15) is 44.6 Å². The molecule has 0 bridgehead atoms. The van der Waals surface area contributed by atoms with Gasteiger partial charge in [-0.25, -0.2) is 0 Å². The molecule has 0 radical (unpaired) electrons. The van der Waals surface area contributed by atoms with Crippen molar-refractivity contribution in [1.82, 2.24) is 4.90 Å². The van der Waals surface area contributed by atoms with Crippen LogP contribution in [-0.4, -0.2) is 33.6 Å². The molecule has 0 unspecified atom stereocenters. The third kappa shape index (κ3) is 2.62. The van der Waals surface area contributed by atoms with Gasteiger partial charge in [-0.2, -0.15) is 0 Å². The molecular formula is C19H20N2O2S2. The number of rotatable bonds is 2. The number of nitrogens with zero attached hydrogens (tertiary/aromatic N) is 2. The molecule has 2 heterocycles. The molecular weight excluding hydrogens is 352 g/mol. The molecule has 1 saturated heterocycles. The highest BCUT2D eigenvalue weighted by molar-refractivity contribution is 8.26. The van der Waals surface area contributed by atoms with E-state index in [1.165, 1.54) is 18.2 Å². The standard InChI is InChI=1S/C19H20N2O2S2/c1-2-20-14-11-7-6-10-13(14)15(17(20)22)16-18(23)21(19(24)25-16)12-8-4-3-5-9-12/h6-7,10-12H,2-5,8-9H2,1H3. The van der Waals surface area contributed by atoms with Gasteiger partial charge in [0.05, 0.1) is 16.2 Å². The Morgan fingerprint density at radius 1 is 1.12 bits per heavy atom. The molecule has 1 saturated carbocycles. The van der Waals surface area contributed by atoms with Gasteiger partial charge in [-0.1, -0.05) is 61.4 Å². The molecule has 0 N–H and O–H groups in total. The molecule has 25 heavy (non-hydrogen) atoms. The van der Waals surface area contributed by atoms with E-state index in [1.807, 2.05) is 31.2 Å². The van der Waals surface area contributed by atoms with E-state index < -0.39 is 0 Å². The first-order valence-corrected chi connectivity index (χ1v) is 10.1. The number of hydrogen-bond acceptors (Lipinski definition) is 4. The lowest BCUT2D eigenvalue weighted by atomic mass is 9.94. The molecule has 0 spiro atoms. The number of likely N-dealkylation sites (N-methyl/N-ethyl adjacent to an activating group) is 1. The minimum atomic E-state index is -0.0900. The number of para-hydroxylation sites is 1. The maximum Gasteiger partial charge on any atom is 0.267 e. The predicted molar refractivity (Wildman–Crippen MR) is 105 cm³/mol. The molecule has 1 aromatic carbocycles. The summed E-state index contributed by atoms with van der Waals surface area (Å²) in [6.07, 6.45) is 5.50. The Kier molecular flexibility index (Phi) is 4.41. The first-order valence-electron chi connectivity index (χ1n) is 8.84. The molecule has 130 valence electrons. The van der Waals surface area contributed by atoms with E-state index in [-0.39, 0.29) is 17.9 Å². The maximum atomic E-state index is 13.1. The van der Waals surface area contributed by atoms with Gasteiger partial charge in [0.1, 0.15) is 4.32 Å². The summed E-state index contributed by atoms with van der Waals surface area (Å²) in [4.78, 5) is 30.1. The van der Waals surface area contributed by atoms with Crippen LogP contribution in [0.15, 0.2) is 29.2 Å². The first-order chi connectivity index (χ1) is 12.1. The SMILES string of the molecule is CCN1C(=O)C(=C2SC(=S)N(C3CCCCC3)C2=O)c2ccccc21. The summed E-state index contributed by atoms with van der Waals surface area (Å²) in [5.74, 6) is -0.175. The number of benzene rings is 1. The molecule has 4 nitrogen and oxygen atoms in total. The van der Waals surface area contributed by atoms with E-state index >= 15 is 0 Å². The number of fused-ring (bicyclic) bond motifs is 1. The summed E-state index contributed by atoms with van der Waals surface area (Å²) < 4.78 is 0.597. The Balaban J connectivity index is 1.77. The lowest BCUT2D eigenvalue weighted by Gasteiger charge is -2.29. The predicted octanol–water partition coefficient (Wildman–Crippen LogP) is 3.96. The number of carbonyl (C=O) groups is 2. The van der Waals surface area contributed by atoms with E-state index in [9.17, 15) is 9.59 Å². The average molecular weight is 373 g/mol. The zero-order valence-electron chi connectivity index (χ0n) is 14.2. The van der Waals surface area contributed by atoms with Crippen LogP contribution >= 0.6 is 24.0 Å². The fraction of sp³-hybridized carbons (Fsp3) is 0.421. The maximum absolute atomic E-state index is 13.1. The van der Waals surface area contributed by atoms with Crippen LogP contribution in [-0.2, 0) is 9.59 Å². The van der Waals surface area contributed by atoms with Crippen LogP contribution in [0, 0.1) is 0 Å². The van der Waals surface area contributed by atoms with Crippen molar-refractivity contribution in [2.45, 2.75) is 45.1 Å². The molecule has 4 rings (SSSR count). The van der Waals surface area contributed by atoms with Crippen molar-refractivity contribution in [3.63, 3.8) is 0 Å². The minimum absolute atomic E-state index is 0.0852. The second-order valence-corrected chi connectivity index (χ2v) is 8.25. The second-order valence-electron chi connectivity index (χ2n) is 6.61. The van der Waals surface area contributed by atoms with Gasteiger partial charge in [-0.3, -0.25) is 14.5 Å². The molecule has 1 aromatic rings. The van der Waals surface area contributed by atoms with Gasteiger partial charge in [-0.15, -0.1) is 0 Å². The number of thioether (sulfide) groups is 1. The zero-order valence-corrected chi connectivity index (χ0v) is 15.8. The quantitative estimate of drug-likeness (QED) is 0.582. The summed E-state index contributed by atoms with van der Waals surface area (Å²) in [6.45, 7) is 2.53. The summed E-state index contributed by atoms with van der Waals surface area (Å²) in [5.41, 5.74) is 2.25. The number of amides is 2. The number of carbonyl (C=O) groups excluding carboxylic acids is 2. The minimum Gasteiger partial charge on any atom is -0.308 e. The molecule has 2 aliphatic heterocycles. The Morgan fingerprint density at radius 2 is 1.84 bits per heavy atom. The van der Waals surface area contributed by atoms with E-state index in [0.29, 0.717) is 21.3 Å². The van der Waals surface area contributed by atoms with Crippen molar-refractivity contribution < 1.29 is 9.59 Å². The van der Waals surface area contributed by atoms with Crippen molar-refractivity contribution in [3.05, 3.63) is 34.7 Å². The van der Waals surface area contributed by atoms with Crippen LogP contribution in [0.4, 0.5) is 5.69 Å². The number of thiocarbonyl (C=S) groups is 1. The smallest absolute Gasteiger partial charge is 0.267 e. The van der Waals surface area contributed by atoms with Crippen LogP contribution in [0.25, 0.3) is 5.57 Å². The van der Waals surface area contributed by atoms with Crippen LogP contribution in [0.5, 0.6) is 0 Å². The van der Waals surface area contributed by atoms with Crippen LogP contribution in [0.3, 0.4) is 0 Å². The van der Waals surface area contributed by atoms with Gasteiger partial charge >= 0.3 is 0 Å². The van der Waals surface area contributed by atoms with Crippen molar-refractivity contribution in [2.75, 3.05) is 11.4 Å². The Hall–Kier alpha value is -1.66. The Bertz CT molecular complexity index is 796. The van der Waals surface area contributed by atoms with Crippen molar-refractivity contribution in [3.8, 4) is 0 Å². The molecule has 0 atom stereocenters. The monoisotopic (exact) mass is 372 g/mol. The lowest BCUT2D eigenvalue weighted by Crippen LogP contribution is -2.40. The number of anilines is 1. The second kappa shape index (κ2) is 6.57. The molecule has 1 aliphatic carbocycles. The van der Waals surface area contributed by atoms with Crippen molar-refractivity contribution in [1.29, 1.82) is 0 Å². The molecule has 2 fully saturated rings. The highest BCUT2D eigenvalue weighted by Gasteiger charge is 2.43. The van der Waals surface area contributed by atoms with Gasteiger partial charge in [0, 0.05) is 18.2 Å². The summed E-state index contributed by atoms with van der Waals surface area (Å²) >= 11 is 6.81. The lowest BCUT2D eigenvalue weighted by molar-refractivity contribution is -0.124. The van der Waals surface area contributed by atoms with Crippen molar-refractivity contribution in [2.24, 2.45) is 0 Å². The third-order valence-corrected chi connectivity index (χ3v) is 6.61. The topological polar surface area (TPSA) is 40.6 Å². The van der Waals surface area contributed by atoms with E-state index in [4.69, 9.17) is 12.2 Å². The molecule has 6 heteroatoms. The number of hydrogen-bond donors (Lipinski definition) is 0. The summed E-state index contributed by atoms with van der Waals surface area (Å²) in [6, 6.07) is 7.88. The largest absolute Gasteiger partial charge is 0.308 e. The van der Waals surface area contributed by atoms with Crippen molar-refractivity contribution >= 4 is 51.4 Å². The molecule has 0 aromatic heterocycles. The Morgan fingerprint density at radius 3 is 2.56 bits per heavy atom. The summed E-state index contributed by atoms with van der Waals surface area (Å²) in [5, 5.41) is 0. The highest BCUT2D eigenvalue weighted by atomic mass is 32.2. The van der Waals surface area contributed by atoms with E-state index in [0.717, 1.165) is 36.9 Å². The third-order valence-electron chi connectivity index (χ3n) is 5.21. The molecule has 3 aliphatic rings. The van der Waals surface area contributed by atoms with E-state index in [1.54, 1.807) is 9.80 Å². The van der Waals surface area contributed by atoms with Gasteiger partial charge in [0.15, 0.2) is 0 Å². The average Bonchev–Trinajstić information content (AvgIpc) is 3.07. The van der Waals surface area contributed by atoms with Crippen LogP contribution in [0.2, 0.25) is 0 Å². The van der Waals surface area contributed by atoms with Gasteiger partial charge < -0.3 is 4.90 Å².